The highest BCUT2D eigenvalue weighted by atomic mass is 35.5. The summed E-state index contributed by atoms with van der Waals surface area (Å²) < 4.78 is 7.26. The van der Waals surface area contributed by atoms with Gasteiger partial charge in [-0.05, 0) is 13.0 Å². The lowest BCUT2D eigenvalue weighted by molar-refractivity contribution is 0.430. The quantitative estimate of drug-likeness (QED) is 0.735. The van der Waals surface area contributed by atoms with Crippen molar-refractivity contribution in [2.45, 2.75) is 6.92 Å². The fourth-order valence-electron chi connectivity index (χ4n) is 1.25. The van der Waals surface area contributed by atoms with E-state index >= 15 is 0 Å². The fraction of sp³-hybridized carbons (Fsp3) is 0.200. The van der Waals surface area contributed by atoms with Crippen LogP contribution in [0.1, 0.15) is 5.69 Å². The Hall–Kier alpha value is -1.55. The second-order valence-corrected chi connectivity index (χ2v) is 3.55. The van der Waals surface area contributed by atoms with Gasteiger partial charge in [0.2, 0.25) is 5.88 Å². The summed E-state index contributed by atoms with van der Waals surface area (Å²) >= 11 is 5.74. The highest BCUT2D eigenvalue weighted by molar-refractivity contribution is 6.29. The van der Waals surface area contributed by atoms with E-state index in [-0.39, 0.29) is 0 Å². The van der Waals surface area contributed by atoms with Crippen LogP contribution in [0, 0.1) is 6.92 Å². The molecule has 0 aliphatic carbocycles. The van der Waals surface area contributed by atoms with Gasteiger partial charge < -0.3 is 4.74 Å². The van der Waals surface area contributed by atoms with E-state index in [1.54, 1.807) is 23.0 Å². The minimum Gasteiger partial charge on any atom is -0.439 e. The van der Waals surface area contributed by atoms with E-state index in [2.05, 4.69) is 10.1 Å². The van der Waals surface area contributed by atoms with E-state index < -0.39 is 0 Å². The molecule has 0 aliphatic rings. The number of ether oxygens (including phenoxy) is 1. The molecule has 2 heterocycles. The maximum atomic E-state index is 5.74. The van der Waals surface area contributed by atoms with Crippen molar-refractivity contribution < 1.29 is 4.74 Å². The average Bonchev–Trinajstić information content (AvgIpc) is 2.45. The van der Waals surface area contributed by atoms with Gasteiger partial charge in [0, 0.05) is 25.4 Å². The summed E-state index contributed by atoms with van der Waals surface area (Å²) in [5, 5.41) is 4.58. The van der Waals surface area contributed by atoms with Gasteiger partial charge in [-0.2, -0.15) is 5.10 Å². The summed E-state index contributed by atoms with van der Waals surface area (Å²) in [4.78, 5) is 3.87. The largest absolute Gasteiger partial charge is 0.439 e. The molecule has 5 heteroatoms. The standard InChI is InChI=1S/C10H10ClN3O/c1-7-5-10(14(2)13-7)15-8-3-4-12-9(11)6-8/h3-6H,1-2H3. The van der Waals surface area contributed by atoms with Crippen LogP contribution in [0.25, 0.3) is 0 Å². The van der Waals surface area contributed by atoms with Crippen LogP contribution in [-0.4, -0.2) is 14.8 Å². The van der Waals surface area contributed by atoms with Crippen molar-refractivity contribution in [3.05, 3.63) is 35.2 Å². The molecular weight excluding hydrogens is 214 g/mol. The maximum absolute atomic E-state index is 5.74. The van der Waals surface area contributed by atoms with Gasteiger partial charge in [0.15, 0.2) is 0 Å². The molecule has 0 amide bonds. The second-order valence-electron chi connectivity index (χ2n) is 3.16. The average molecular weight is 224 g/mol. The monoisotopic (exact) mass is 223 g/mol. The Morgan fingerprint density at radius 3 is 2.80 bits per heavy atom. The third kappa shape index (κ3) is 2.27. The molecule has 0 N–H and O–H groups in total. The minimum atomic E-state index is 0.409. The molecule has 0 saturated carbocycles. The molecule has 0 atom stereocenters. The summed E-state index contributed by atoms with van der Waals surface area (Å²) in [5.41, 5.74) is 0.910. The zero-order valence-corrected chi connectivity index (χ0v) is 9.19. The predicted molar refractivity (Wildman–Crippen MR) is 57.3 cm³/mol. The van der Waals surface area contributed by atoms with E-state index in [1.165, 1.54) is 0 Å². The SMILES string of the molecule is Cc1cc(Oc2ccnc(Cl)c2)n(C)n1. The van der Waals surface area contributed by atoms with Gasteiger partial charge in [-0.3, -0.25) is 0 Å². The number of rotatable bonds is 2. The lowest BCUT2D eigenvalue weighted by atomic mass is 10.4. The predicted octanol–water partition coefficient (Wildman–Crippen LogP) is 2.57. The van der Waals surface area contributed by atoms with Crippen molar-refractivity contribution >= 4 is 11.6 Å². The van der Waals surface area contributed by atoms with Crippen molar-refractivity contribution in [3.8, 4) is 11.6 Å². The Kier molecular flexibility index (Phi) is 2.60. The molecule has 2 rings (SSSR count). The molecule has 2 aromatic heterocycles. The highest BCUT2D eigenvalue weighted by Gasteiger charge is 2.04. The van der Waals surface area contributed by atoms with Crippen LogP contribution >= 0.6 is 11.6 Å². The van der Waals surface area contributed by atoms with E-state index in [0.29, 0.717) is 16.8 Å². The van der Waals surface area contributed by atoms with Crippen molar-refractivity contribution in [2.24, 2.45) is 7.05 Å². The first-order valence-corrected chi connectivity index (χ1v) is 4.83. The number of halogens is 1. The molecule has 0 aromatic carbocycles. The van der Waals surface area contributed by atoms with Crippen molar-refractivity contribution in [1.29, 1.82) is 0 Å². The zero-order valence-electron chi connectivity index (χ0n) is 8.44. The van der Waals surface area contributed by atoms with Crippen molar-refractivity contribution in [2.75, 3.05) is 0 Å². The lowest BCUT2D eigenvalue weighted by Gasteiger charge is -2.04. The van der Waals surface area contributed by atoms with Crippen LogP contribution in [0.2, 0.25) is 5.15 Å². The van der Waals surface area contributed by atoms with E-state index in [1.807, 2.05) is 20.0 Å². The highest BCUT2D eigenvalue weighted by Crippen LogP contribution is 2.22. The number of pyridine rings is 1. The van der Waals surface area contributed by atoms with Crippen molar-refractivity contribution in [3.63, 3.8) is 0 Å². The third-order valence-electron chi connectivity index (χ3n) is 1.88. The Balaban J connectivity index is 2.25. The molecule has 0 aliphatic heterocycles. The molecule has 0 radical (unpaired) electrons. The summed E-state index contributed by atoms with van der Waals surface area (Å²) in [5.74, 6) is 1.33. The van der Waals surface area contributed by atoms with Gasteiger partial charge in [0.1, 0.15) is 10.9 Å². The first kappa shape index (κ1) is 9.98. The zero-order chi connectivity index (χ0) is 10.8. The Bertz CT molecular complexity index is 481. The number of aryl methyl sites for hydroxylation is 2. The van der Waals surface area contributed by atoms with Crippen LogP contribution in [0.4, 0.5) is 0 Å². The summed E-state index contributed by atoms with van der Waals surface area (Å²) in [6, 6.07) is 5.26. The van der Waals surface area contributed by atoms with Crippen LogP contribution in [-0.2, 0) is 7.05 Å². The first-order valence-electron chi connectivity index (χ1n) is 4.45. The topological polar surface area (TPSA) is 39.9 Å². The molecule has 0 saturated heterocycles. The Morgan fingerprint density at radius 2 is 2.20 bits per heavy atom. The molecule has 2 aromatic rings. The van der Waals surface area contributed by atoms with Gasteiger partial charge in [0.05, 0.1) is 5.69 Å². The summed E-state index contributed by atoms with van der Waals surface area (Å²) in [6.07, 6.45) is 1.60. The van der Waals surface area contributed by atoms with Gasteiger partial charge in [-0.25, -0.2) is 9.67 Å². The molecule has 78 valence electrons. The molecule has 4 nitrogen and oxygen atoms in total. The second kappa shape index (κ2) is 3.90. The van der Waals surface area contributed by atoms with Gasteiger partial charge in [0.25, 0.3) is 0 Å². The molecule has 0 unspecified atom stereocenters. The number of hydrogen-bond acceptors (Lipinski definition) is 3. The Morgan fingerprint density at radius 1 is 1.40 bits per heavy atom. The maximum Gasteiger partial charge on any atom is 0.217 e. The molecule has 0 bridgehead atoms. The molecule has 0 fully saturated rings. The van der Waals surface area contributed by atoms with Crippen LogP contribution in [0.5, 0.6) is 11.6 Å². The minimum absolute atomic E-state index is 0.409. The first-order chi connectivity index (χ1) is 7.15. The molecule has 15 heavy (non-hydrogen) atoms. The van der Waals surface area contributed by atoms with Gasteiger partial charge in [-0.1, -0.05) is 11.6 Å². The van der Waals surface area contributed by atoms with E-state index in [4.69, 9.17) is 16.3 Å². The summed E-state index contributed by atoms with van der Waals surface area (Å²) in [7, 11) is 1.82. The third-order valence-corrected chi connectivity index (χ3v) is 2.09. The fourth-order valence-corrected chi connectivity index (χ4v) is 1.42. The van der Waals surface area contributed by atoms with E-state index in [0.717, 1.165) is 5.69 Å². The van der Waals surface area contributed by atoms with E-state index in [9.17, 15) is 0 Å². The van der Waals surface area contributed by atoms with Gasteiger partial charge >= 0.3 is 0 Å². The molecular formula is C10H10ClN3O. The Labute approximate surface area is 92.5 Å². The van der Waals surface area contributed by atoms with Gasteiger partial charge in [-0.15, -0.1) is 0 Å². The lowest BCUT2D eigenvalue weighted by Crippen LogP contribution is -1.95. The van der Waals surface area contributed by atoms with Crippen LogP contribution in [0.15, 0.2) is 24.4 Å². The normalized spacial score (nSPS) is 10.3. The van der Waals surface area contributed by atoms with Crippen molar-refractivity contribution in [1.82, 2.24) is 14.8 Å². The van der Waals surface area contributed by atoms with Crippen LogP contribution in [0.3, 0.4) is 0 Å². The smallest absolute Gasteiger partial charge is 0.217 e. The number of aromatic nitrogens is 3. The number of hydrogen-bond donors (Lipinski definition) is 0. The van der Waals surface area contributed by atoms with Crippen LogP contribution < -0.4 is 4.74 Å². The number of nitrogens with zero attached hydrogens (tertiary/aromatic N) is 3. The molecule has 0 spiro atoms. The summed E-state index contributed by atoms with van der Waals surface area (Å²) in [6.45, 7) is 1.91.